The summed E-state index contributed by atoms with van der Waals surface area (Å²) >= 11 is 12.7. The molecule has 1 unspecified atom stereocenters. The lowest BCUT2D eigenvalue weighted by Gasteiger charge is -2.31. The number of nitrogens with two attached hydrogens (primary N) is 1. The molecule has 1 aliphatic rings. The standard InChI is InChI=1S/C22H25Cl2N3O7/c1-5-34-22(31)19-15(9-33-10-16(29)27(25)12(3)28)26-11(2)17(21(30)32-4)18(19)13-7-6-8-14(23)20(13)24/h6-8,18,26H,5,9-10,25H2,1-4H3. The highest BCUT2D eigenvalue weighted by atomic mass is 35.5. The van der Waals surface area contributed by atoms with Gasteiger partial charge in [-0.1, -0.05) is 35.3 Å². The summed E-state index contributed by atoms with van der Waals surface area (Å²) in [7, 11) is 1.21. The molecule has 1 atom stereocenters. The zero-order chi connectivity index (χ0) is 25.6. The zero-order valence-corrected chi connectivity index (χ0v) is 20.6. The van der Waals surface area contributed by atoms with Gasteiger partial charge in [-0.3, -0.25) is 9.59 Å². The Hall–Kier alpha value is -2.92. The third-order valence-corrected chi connectivity index (χ3v) is 5.75. The SMILES string of the molecule is CCOC(=O)C1=C(COCC(=O)N(N)C(C)=O)NC(C)=C(C(=O)OC)C1c1cccc(Cl)c1Cl. The van der Waals surface area contributed by atoms with Crippen LogP contribution in [0, 0.1) is 0 Å². The summed E-state index contributed by atoms with van der Waals surface area (Å²) < 4.78 is 15.6. The monoisotopic (exact) mass is 513 g/mol. The maximum atomic E-state index is 13.1. The molecule has 1 aromatic rings. The number of hydrogen-bond donors (Lipinski definition) is 2. The van der Waals surface area contributed by atoms with Crippen molar-refractivity contribution in [1.82, 2.24) is 10.3 Å². The van der Waals surface area contributed by atoms with Gasteiger partial charge >= 0.3 is 11.9 Å². The second-order valence-electron chi connectivity index (χ2n) is 7.12. The Bertz CT molecular complexity index is 1070. The van der Waals surface area contributed by atoms with E-state index >= 15 is 0 Å². The van der Waals surface area contributed by atoms with Crippen molar-refractivity contribution in [3.63, 3.8) is 0 Å². The molecule has 184 valence electrons. The first-order valence-electron chi connectivity index (χ1n) is 10.1. The Balaban J connectivity index is 2.59. The molecule has 0 aromatic heterocycles. The molecule has 0 saturated carbocycles. The fraction of sp³-hybridized carbons (Fsp3) is 0.364. The van der Waals surface area contributed by atoms with E-state index < -0.39 is 36.3 Å². The summed E-state index contributed by atoms with van der Waals surface area (Å²) in [6, 6.07) is 4.83. The summed E-state index contributed by atoms with van der Waals surface area (Å²) in [4.78, 5) is 49.1. The molecule has 0 radical (unpaired) electrons. The van der Waals surface area contributed by atoms with E-state index in [1.54, 1.807) is 32.0 Å². The number of halogens is 2. The smallest absolute Gasteiger partial charge is 0.336 e. The molecule has 34 heavy (non-hydrogen) atoms. The molecule has 10 nitrogen and oxygen atoms in total. The minimum atomic E-state index is -1.00. The Morgan fingerprint density at radius 2 is 1.82 bits per heavy atom. The lowest BCUT2D eigenvalue weighted by atomic mass is 9.80. The maximum Gasteiger partial charge on any atom is 0.336 e. The molecule has 0 fully saturated rings. The Morgan fingerprint density at radius 1 is 1.15 bits per heavy atom. The number of ether oxygens (including phenoxy) is 3. The number of imide groups is 1. The fourth-order valence-electron chi connectivity index (χ4n) is 3.38. The van der Waals surface area contributed by atoms with Gasteiger partial charge in [-0.2, -0.15) is 0 Å². The van der Waals surface area contributed by atoms with Gasteiger partial charge in [0.2, 0.25) is 5.91 Å². The van der Waals surface area contributed by atoms with Crippen molar-refractivity contribution < 1.29 is 33.4 Å². The Labute approximate surface area is 206 Å². The summed E-state index contributed by atoms with van der Waals surface area (Å²) in [5.41, 5.74) is 1.12. The van der Waals surface area contributed by atoms with Crippen LogP contribution in [0.1, 0.15) is 32.3 Å². The molecular formula is C22H25Cl2N3O7. The van der Waals surface area contributed by atoms with Crippen molar-refractivity contribution in [3.05, 3.63) is 56.3 Å². The third kappa shape index (κ3) is 5.95. The maximum absolute atomic E-state index is 13.1. The van der Waals surface area contributed by atoms with Gasteiger partial charge in [0.15, 0.2) is 0 Å². The normalized spacial score (nSPS) is 15.6. The van der Waals surface area contributed by atoms with Crippen LogP contribution in [0.25, 0.3) is 0 Å². The number of carbonyl (C=O) groups is 4. The van der Waals surface area contributed by atoms with E-state index in [9.17, 15) is 19.2 Å². The number of rotatable bonds is 8. The predicted octanol–water partition coefficient (Wildman–Crippen LogP) is 2.21. The number of amides is 2. The second-order valence-corrected chi connectivity index (χ2v) is 7.90. The van der Waals surface area contributed by atoms with Crippen molar-refractivity contribution in [2.24, 2.45) is 5.84 Å². The molecule has 0 saturated heterocycles. The molecule has 0 aliphatic carbocycles. The highest BCUT2D eigenvalue weighted by Crippen LogP contribution is 2.43. The number of nitrogens with zero attached hydrogens (tertiary/aromatic N) is 1. The number of nitrogens with one attached hydrogen (secondary N) is 1. The Kier molecular flexibility index (Phi) is 9.63. The van der Waals surface area contributed by atoms with E-state index in [1.165, 1.54) is 7.11 Å². The first-order valence-corrected chi connectivity index (χ1v) is 10.9. The van der Waals surface area contributed by atoms with E-state index in [2.05, 4.69) is 5.32 Å². The summed E-state index contributed by atoms with van der Waals surface area (Å²) in [5.74, 6) is 1.51. The minimum Gasteiger partial charge on any atom is -0.466 e. The number of benzene rings is 1. The van der Waals surface area contributed by atoms with Crippen molar-refractivity contribution in [1.29, 1.82) is 0 Å². The number of esters is 2. The van der Waals surface area contributed by atoms with E-state index in [0.717, 1.165) is 6.92 Å². The van der Waals surface area contributed by atoms with E-state index in [4.69, 9.17) is 43.3 Å². The van der Waals surface area contributed by atoms with Crippen molar-refractivity contribution in [2.45, 2.75) is 26.7 Å². The predicted molar refractivity (Wildman–Crippen MR) is 123 cm³/mol. The number of allylic oxidation sites excluding steroid dienone is 1. The number of methoxy groups -OCH3 is 1. The Morgan fingerprint density at radius 3 is 2.41 bits per heavy atom. The molecule has 3 N–H and O–H groups in total. The van der Waals surface area contributed by atoms with Crippen LogP contribution in [0.2, 0.25) is 10.0 Å². The van der Waals surface area contributed by atoms with Crippen molar-refractivity contribution >= 4 is 47.0 Å². The van der Waals surface area contributed by atoms with E-state index in [-0.39, 0.29) is 40.1 Å². The van der Waals surface area contributed by atoms with Gasteiger partial charge in [-0.15, -0.1) is 0 Å². The van der Waals surface area contributed by atoms with Gasteiger partial charge in [-0.25, -0.2) is 20.4 Å². The van der Waals surface area contributed by atoms with Gasteiger partial charge in [0.05, 0.1) is 53.1 Å². The summed E-state index contributed by atoms with van der Waals surface area (Å²) in [6.45, 7) is 3.62. The summed E-state index contributed by atoms with van der Waals surface area (Å²) in [5, 5.41) is 3.75. The highest BCUT2D eigenvalue weighted by molar-refractivity contribution is 6.42. The van der Waals surface area contributed by atoms with Crippen LogP contribution in [0.4, 0.5) is 0 Å². The summed E-state index contributed by atoms with van der Waals surface area (Å²) in [6.07, 6.45) is 0. The first-order chi connectivity index (χ1) is 16.0. The molecular weight excluding hydrogens is 489 g/mol. The van der Waals surface area contributed by atoms with Crippen LogP contribution in [0.15, 0.2) is 40.7 Å². The quantitative estimate of drug-likeness (QED) is 0.232. The average Bonchev–Trinajstić information content (AvgIpc) is 2.79. The largest absolute Gasteiger partial charge is 0.466 e. The number of hydrogen-bond acceptors (Lipinski definition) is 9. The van der Waals surface area contributed by atoms with Crippen molar-refractivity contribution in [2.75, 3.05) is 26.9 Å². The molecule has 0 bridgehead atoms. The lowest BCUT2D eigenvalue weighted by Crippen LogP contribution is -2.43. The van der Waals surface area contributed by atoms with Gasteiger partial charge < -0.3 is 19.5 Å². The molecule has 0 spiro atoms. The molecule has 12 heteroatoms. The van der Waals surface area contributed by atoms with E-state index in [1.807, 2.05) is 0 Å². The molecule has 1 heterocycles. The van der Waals surface area contributed by atoms with Crippen LogP contribution >= 0.6 is 23.2 Å². The second kappa shape index (κ2) is 12.0. The van der Waals surface area contributed by atoms with Crippen LogP contribution in [-0.4, -0.2) is 55.7 Å². The lowest BCUT2D eigenvalue weighted by molar-refractivity contribution is -0.146. The molecule has 1 aliphatic heterocycles. The van der Waals surface area contributed by atoms with Crippen LogP contribution in [-0.2, 0) is 33.4 Å². The number of hydrazine groups is 1. The average molecular weight is 514 g/mol. The van der Waals surface area contributed by atoms with Gasteiger partial charge in [0, 0.05) is 12.6 Å². The molecule has 2 rings (SSSR count). The number of carbonyl (C=O) groups excluding carboxylic acids is 4. The van der Waals surface area contributed by atoms with Crippen molar-refractivity contribution in [3.8, 4) is 0 Å². The molecule has 2 amide bonds. The topological polar surface area (TPSA) is 137 Å². The molecule has 1 aromatic carbocycles. The van der Waals surface area contributed by atoms with E-state index in [0.29, 0.717) is 16.3 Å². The fourth-order valence-corrected chi connectivity index (χ4v) is 3.80. The zero-order valence-electron chi connectivity index (χ0n) is 19.1. The minimum absolute atomic E-state index is 0.0284. The van der Waals surface area contributed by atoms with Crippen LogP contribution in [0.5, 0.6) is 0 Å². The first kappa shape index (κ1) is 27.3. The number of dihydropyridines is 1. The highest BCUT2D eigenvalue weighted by Gasteiger charge is 2.40. The van der Waals surface area contributed by atoms with Gasteiger partial charge in [0.1, 0.15) is 6.61 Å². The third-order valence-electron chi connectivity index (χ3n) is 4.92. The van der Waals surface area contributed by atoms with Gasteiger partial charge in [-0.05, 0) is 25.5 Å². The van der Waals surface area contributed by atoms with Gasteiger partial charge in [0.25, 0.3) is 5.91 Å². The van der Waals surface area contributed by atoms with Crippen LogP contribution < -0.4 is 11.2 Å². The van der Waals surface area contributed by atoms with Crippen LogP contribution in [0.3, 0.4) is 0 Å².